The number of nitrogens with zero attached hydrogens (tertiary/aromatic N) is 1. The van der Waals surface area contributed by atoms with E-state index in [1.807, 2.05) is 41.8 Å². The van der Waals surface area contributed by atoms with Gasteiger partial charge in [0.05, 0.1) is 19.6 Å². The number of amides is 2. The number of benzene rings is 2. The van der Waals surface area contributed by atoms with Crippen molar-refractivity contribution in [1.29, 1.82) is 0 Å². The van der Waals surface area contributed by atoms with Crippen LogP contribution in [0.3, 0.4) is 0 Å². The Morgan fingerprint density at radius 2 is 1.82 bits per heavy atom. The van der Waals surface area contributed by atoms with Gasteiger partial charge in [-0.2, -0.15) is 0 Å². The molecule has 1 heterocycles. The number of hydrogen-bond donors (Lipinski definition) is 2. The minimum absolute atomic E-state index is 0.125. The van der Waals surface area contributed by atoms with Crippen LogP contribution in [0, 0.1) is 0 Å². The minimum atomic E-state index is -0.419. The lowest BCUT2D eigenvalue weighted by molar-refractivity contribution is -0.120. The summed E-state index contributed by atoms with van der Waals surface area (Å²) in [6.07, 6.45) is 1.89. The Hall–Kier alpha value is -3.19. The van der Waals surface area contributed by atoms with E-state index in [2.05, 4.69) is 15.6 Å². The van der Waals surface area contributed by atoms with Crippen LogP contribution in [0.25, 0.3) is 10.6 Å². The maximum absolute atomic E-state index is 12.5. The summed E-state index contributed by atoms with van der Waals surface area (Å²) in [5.41, 5.74) is 2.54. The van der Waals surface area contributed by atoms with Crippen LogP contribution in [-0.4, -0.2) is 23.9 Å². The molecule has 6 nitrogen and oxygen atoms in total. The van der Waals surface area contributed by atoms with Crippen LogP contribution >= 0.6 is 11.3 Å². The van der Waals surface area contributed by atoms with Gasteiger partial charge in [0.15, 0.2) is 0 Å². The van der Waals surface area contributed by atoms with Gasteiger partial charge in [0.2, 0.25) is 11.8 Å². The van der Waals surface area contributed by atoms with E-state index in [-0.39, 0.29) is 18.2 Å². The average molecular weight is 395 g/mol. The zero-order valence-corrected chi connectivity index (χ0v) is 16.5. The van der Waals surface area contributed by atoms with Gasteiger partial charge in [-0.3, -0.25) is 9.59 Å². The van der Waals surface area contributed by atoms with Gasteiger partial charge in [-0.15, -0.1) is 11.3 Å². The second kappa shape index (κ2) is 9.14. The highest BCUT2D eigenvalue weighted by molar-refractivity contribution is 7.13. The lowest BCUT2D eigenvalue weighted by Crippen LogP contribution is -2.29. The van der Waals surface area contributed by atoms with Crippen molar-refractivity contribution in [3.05, 3.63) is 65.7 Å². The first-order chi connectivity index (χ1) is 13.5. The summed E-state index contributed by atoms with van der Waals surface area (Å²) in [6.45, 7) is 1.44. The molecule has 1 atom stereocenters. The molecule has 3 rings (SSSR count). The van der Waals surface area contributed by atoms with Crippen molar-refractivity contribution in [2.75, 3.05) is 12.4 Å². The second-order valence-corrected chi connectivity index (χ2v) is 7.09. The number of carbonyl (C=O) groups excluding carboxylic acids is 2. The zero-order chi connectivity index (χ0) is 19.9. The van der Waals surface area contributed by atoms with E-state index in [0.717, 1.165) is 21.9 Å². The van der Waals surface area contributed by atoms with Gasteiger partial charge in [0.25, 0.3) is 0 Å². The van der Waals surface area contributed by atoms with Crippen molar-refractivity contribution < 1.29 is 14.3 Å². The van der Waals surface area contributed by atoms with Gasteiger partial charge in [-0.1, -0.05) is 12.1 Å². The molecule has 0 radical (unpaired) electrons. The summed E-state index contributed by atoms with van der Waals surface area (Å²) in [4.78, 5) is 28.4. The highest BCUT2D eigenvalue weighted by atomic mass is 32.1. The van der Waals surface area contributed by atoms with Crippen LogP contribution in [0.4, 0.5) is 5.69 Å². The van der Waals surface area contributed by atoms with Crippen LogP contribution in [-0.2, 0) is 9.59 Å². The third kappa shape index (κ3) is 5.17. The van der Waals surface area contributed by atoms with Crippen LogP contribution in [0.15, 0.2) is 60.1 Å². The van der Waals surface area contributed by atoms with Crippen molar-refractivity contribution >= 4 is 28.8 Å². The summed E-state index contributed by atoms with van der Waals surface area (Å²) >= 11 is 1.56. The predicted molar refractivity (Wildman–Crippen MR) is 110 cm³/mol. The quantitative estimate of drug-likeness (QED) is 0.633. The monoisotopic (exact) mass is 395 g/mol. The number of aromatic nitrogens is 1. The lowest BCUT2D eigenvalue weighted by Gasteiger charge is -2.18. The molecule has 1 unspecified atom stereocenters. The number of anilines is 1. The molecule has 0 fully saturated rings. The molecule has 3 aromatic rings. The molecule has 2 N–H and O–H groups in total. The maximum Gasteiger partial charge on any atom is 0.226 e. The standard InChI is InChI=1S/C21H21N3O3S/c1-14(25)23-19(15-5-9-18(27-2)10-6-15)13-20(26)24-17-7-3-16(4-8-17)21-22-11-12-28-21/h3-12,19H,13H2,1-2H3,(H,23,25)(H,24,26). The molecule has 0 aliphatic carbocycles. The van der Waals surface area contributed by atoms with E-state index >= 15 is 0 Å². The number of thiazole rings is 1. The van der Waals surface area contributed by atoms with Gasteiger partial charge in [-0.05, 0) is 42.0 Å². The fourth-order valence-electron chi connectivity index (χ4n) is 2.79. The van der Waals surface area contributed by atoms with Crippen molar-refractivity contribution in [2.24, 2.45) is 0 Å². The van der Waals surface area contributed by atoms with Crippen molar-refractivity contribution in [3.63, 3.8) is 0 Å². The van der Waals surface area contributed by atoms with Gasteiger partial charge in [0, 0.05) is 29.8 Å². The first-order valence-electron chi connectivity index (χ1n) is 8.76. The Bertz CT molecular complexity index is 923. The number of rotatable bonds is 7. The summed E-state index contributed by atoms with van der Waals surface area (Å²) in [7, 11) is 1.59. The minimum Gasteiger partial charge on any atom is -0.497 e. The third-order valence-electron chi connectivity index (χ3n) is 4.13. The highest BCUT2D eigenvalue weighted by Gasteiger charge is 2.17. The molecule has 0 saturated heterocycles. The smallest absolute Gasteiger partial charge is 0.226 e. The van der Waals surface area contributed by atoms with Crippen molar-refractivity contribution in [2.45, 2.75) is 19.4 Å². The zero-order valence-electron chi connectivity index (χ0n) is 15.6. The van der Waals surface area contributed by atoms with E-state index < -0.39 is 6.04 Å². The number of ether oxygens (including phenoxy) is 1. The molecule has 0 saturated carbocycles. The van der Waals surface area contributed by atoms with E-state index in [1.165, 1.54) is 6.92 Å². The maximum atomic E-state index is 12.5. The molecule has 1 aromatic heterocycles. The molecule has 144 valence electrons. The van der Waals surface area contributed by atoms with E-state index in [0.29, 0.717) is 5.69 Å². The Morgan fingerprint density at radius 1 is 1.11 bits per heavy atom. The second-order valence-electron chi connectivity index (χ2n) is 6.19. The van der Waals surface area contributed by atoms with Crippen molar-refractivity contribution in [1.82, 2.24) is 10.3 Å². The molecular weight excluding hydrogens is 374 g/mol. The Balaban J connectivity index is 1.66. The van der Waals surface area contributed by atoms with Crippen LogP contribution in [0.5, 0.6) is 5.75 Å². The van der Waals surface area contributed by atoms with Crippen LogP contribution < -0.4 is 15.4 Å². The summed E-state index contributed by atoms with van der Waals surface area (Å²) in [5.74, 6) is 0.341. The SMILES string of the molecule is COc1ccc(C(CC(=O)Nc2ccc(-c3nccs3)cc2)NC(C)=O)cc1. The molecule has 2 aromatic carbocycles. The Labute approximate surface area is 167 Å². The molecular formula is C21H21N3O3S. The normalized spacial score (nSPS) is 11.5. The summed E-state index contributed by atoms with van der Waals surface area (Å²) in [6, 6.07) is 14.4. The Morgan fingerprint density at radius 3 is 2.39 bits per heavy atom. The summed E-state index contributed by atoms with van der Waals surface area (Å²) in [5, 5.41) is 8.57. The predicted octanol–water partition coefficient (Wildman–Crippen LogP) is 4.02. The first-order valence-corrected chi connectivity index (χ1v) is 9.64. The first kappa shape index (κ1) is 19.6. The largest absolute Gasteiger partial charge is 0.497 e. The van der Waals surface area contributed by atoms with E-state index in [1.54, 1.807) is 36.8 Å². The van der Waals surface area contributed by atoms with Gasteiger partial charge >= 0.3 is 0 Å². The number of nitrogens with one attached hydrogen (secondary N) is 2. The van der Waals surface area contributed by atoms with E-state index in [9.17, 15) is 9.59 Å². The number of methoxy groups -OCH3 is 1. The van der Waals surface area contributed by atoms with Gasteiger partial charge < -0.3 is 15.4 Å². The average Bonchev–Trinajstić information content (AvgIpc) is 3.22. The fraction of sp³-hybridized carbons (Fsp3) is 0.190. The molecule has 0 aliphatic rings. The lowest BCUT2D eigenvalue weighted by atomic mass is 10.0. The Kier molecular flexibility index (Phi) is 6.39. The highest BCUT2D eigenvalue weighted by Crippen LogP contribution is 2.24. The van der Waals surface area contributed by atoms with E-state index in [4.69, 9.17) is 4.74 Å². The van der Waals surface area contributed by atoms with Gasteiger partial charge in [0.1, 0.15) is 10.8 Å². The molecule has 0 bridgehead atoms. The fourth-order valence-corrected chi connectivity index (χ4v) is 3.44. The van der Waals surface area contributed by atoms with Crippen LogP contribution in [0.2, 0.25) is 0 Å². The third-order valence-corrected chi connectivity index (χ3v) is 4.96. The molecule has 2 amide bonds. The van der Waals surface area contributed by atoms with Crippen molar-refractivity contribution in [3.8, 4) is 16.3 Å². The number of carbonyl (C=O) groups is 2. The molecule has 28 heavy (non-hydrogen) atoms. The number of hydrogen-bond acceptors (Lipinski definition) is 5. The topological polar surface area (TPSA) is 80.3 Å². The molecule has 0 aliphatic heterocycles. The summed E-state index contributed by atoms with van der Waals surface area (Å²) < 4.78 is 5.16. The van der Waals surface area contributed by atoms with Crippen LogP contribution in [0.1, 0.15) is 24.9 Å². The van der Waals surface area contributed by atoms with Gasteiger partial charge in [-0.25, -0.2) is 4.98 Å². The molecule has 0 spiro atoms. The molecule has 7 heteroatoms.